The molecule has 0 aromatic rings. The molecule has 1 aliphatic heterocycles. The Hall–Kier alpha value is -0.810. The number of hydrogen-bond donors (Lipinski definition) is 1. The molecule has 0 bridgehead atoms. The van der Waals surface area contributed by atoms with Gasteiger partial charge in [-0.25, -0.2) is 4.79 Å². The van der Waals surface area contributed by atoms with Crippen molar-refractivity contribution in [2.24, 2.45) is 5.92 Å². The van der Waals surface area contributed by atoms with Crippen molar-refractivity contribution in [3.8, 4) is 0 Å². The molecule has 1 amide bonds. The molecule has 1 heterocycles. The average Bonchev–Trinajstić information content (AvgIpc) is 2.85. The Morgan fingerprint density at radius 2 is 2.06 bits per heavy atom. The summed E-state index contributed by atoms with van der Waals surface area (Å²) in [4.78, 5) is 11.5. The molecule has 0 radical (unpaired) electrons. The van der Waals surface area contributed by atoms with Crippen LogP contribution < -0.4 is 5.32 Å². The maximum atomic E-state index is 11.5. The van der Waals surface area contributed by atoms with Crippen molar-refractivity contribution in [3.63, 3.8) is 0 Å². The van der Waals surface area contributed by atoms with Crippen molar-refractivity contribution in [1.29, 1.82) is 0 Å². The lowest BCUT2D eigenvalue weighted by molar-refractivity contribution is -0.152. The molecule has 1 N–H and O–H groups in total. The Kier molecular flexibility index (Phi) is 3.82. The van der Waals surface area contributed by atoms with E-state index in [1.54, 1.807) is 0 Å². The molecule has 1 unspecified atom stereocenters. The van der Waals surface area contributed by atoms with Crippen LogP contribution in [0.4, 0.5) is 4.79 Å². The Morgan fingerprint density at radius 3 is 2.67 bits per heavy atom. The largest absolute Gasteiger partial charge is 0.444 e. The van der Waals surface area contributed by atoms with Crippen LogP contribution >= 0.6 is 0 Å². The molecule has 5 heteroatoms. The van der Waals surface area contributed by atoms with Gasteiger partial charge >= 0.3 is 6.09 Å². The number of carbonyl (C=O) groups is 1. The fourth-order valence-corrected chi connectivity index (χ4v) is 2.54. The van der Waals surface area contributed by atoms with Crippen molar-refractivity contribution in [2.45, 2.75) is 51.4 Å². The summed E-state index contributed by atoms with van der Waals surface area (Å²) in [5.41, 5.74) is -0.446. The highest BCUT2D eigenvalue weighted by molar-refractivity contribution is 5.67. The second-order valence-electron chi connectivity index (χ2n) is 6.10. The fourth-order valence-electron chi connectivity index (χ4n) is 2.54. The first-order chi connectivity index (χ1) is 8.39. The molecule has 2 rings (SSSR count). The van der Waals surface area contributed by atoms with Crippen LogP contribution in [0.1, 0.15) is 40.0 Å². The SMILES string of the molecule is CC(C)(C)OC(=O)NCC1CCC2(C1)OCCO2. The van der Waals surface area contributed by atoms with Crippen LogP contribution in [0.3, 0.4) is 0 Å². The summed E-state index contributed by atoms with van der Waals surface area (Å²) in [5, 5.41) is 2.82. The molecule has 1 atom stereocenters. The minimum atomic E-state index is -0.446. The molecule has 2 fully saturated rings. The van der Waals surface area contributed by atoms with E-state index in [1.165, 1.54) is 0 Å². The van der Waals surface area contributed by atoms with E-state index in [1.807, 2.05) is 20.8 Å². The summed E-state index contributed by atoms with van der Waals surface area (Å²) in [6.45, 7) is 7.58. The van der Waals surface area contributed by atoms with Gasteiger partial charge in [0.2, 0.25) is 0 Å². The normalized spacial score (nSPS) is 26.5. The van der Waals surface area contributed by atoms with Gasteiger partial charge in [-0.05, 0) is 33.1 Å². The number of nitrogens with one attached hydrogen (secondary N) is 1. The van der Waals surface area contributed by atoms with Crippen molar-refractivity contribution < 1.29 is 19.0 Å². The molecule has 18 heavy (non-hydrogen) atoms. The van der Waals surface area contributed by atoms with E-state index in [0.717, 1.165) is 19.3 Å². The maximum Gasteiger partial charge on any atom is 0.407 e. The zero-order valence-electron chi connectivity index (χ0n) is 11.5. The molecule has 1 spiro atoms. The number of alkyl carbamates (subject to hydrolysis) is 1. The van der Waals surface area contributed by atoms with E-state index in [4.69, 9.17) is 14.2 Å². The third-order valence-electron chi connectivity index (χ3n) is 3.28. The highest BCUT2D eigenvalue weighted by Gasteiger charge is 2.43. The molecule has 0 aromatic heterocycles. The van der Waals surface area contributed by atoms with Crippen LogP contribution in [-0.2, 0) is 14.2 Å². The van der Waals surface area contributed by atoms with Crippen molar-refractivity contribution in [3.05, 3.63) is 0 Å². The Labute approximate surface area is 108 Å². The maximum absolute atomic E-state index is 11.5. The lowest BCUT2D eigenvalue weighted by atomic mass is 10.1. The van der Waals surface area contributed by atoms with E-state index in [0.29, 0.717) is 25.7 Å². The molecule has 104 valence electrons. The second kappa shape index (κ2) is 5.05. The lowest BCUT2D eigenvalue weighted by Gasteiger charge is -2.22. The number of hydrogen-bond acceptors (Lipinski definition) is 4. The van der Waals surface area contributed by atoms with Crippen LogP contribution in [0.15, 0.2) is 0 Å². The zero-order valence-corrected chi connectivity index (χ0v) is 11.5. The highest BCUT2D eigenvalue weighted by atomic mass is 16.7. The van der Waals surface area contributed by atoms with Gasteiger partial charge in [0.15, 0.2) is 5.79 Å². The van der Waals surface area contributed by atoms with Crippen LogP contribution in [0.5, 0.6) is 0 Å². The van der Waals surface area contributed by atoms with Crippen LogP contribution in [0.2, 0.25) is 0 Å². The molecule has 0 aromatic carbocycles. The monoisotopic (exact) mass is 257 g/mol. The zero-order chi connectivity index (χ0) is 13.2. The molecular weight excluding hydrogens is 234 g/mol. The predicted octanol–water partition coefficient (Wildman–Crippen LogP) is 2.05. The van der Waals surface area contributed by atoms with Gasteiger partial charge in [-0.1, -0.05) is 0 Å². The number of ether oxygens (including phenoxy) is 3. The summed E-state index contributed by atoms with van der Waals surface area (Å²) < 4.78 is 16.5. The summed E-state index contributed by atoms with van der Waals surface area (Å²) in [7, 11) is 0. The van der Waals surface area contributed by atoms with Gasteiger partial charge in [-0.3, -0.25) is 0 Å². The quantitative estimate of drug-likeness (QED) is 0.822. The summed E-state index contributed by atoms with van der Waals surface area (Å²) in [6.07, 6.45) is 2.46. The Morgan fingerprint density at radius 1 is 1.39 bits per heavy atom. The topological polar surface area (TPSA) is 56.8 Å². The van der Waals surface area contributed by atoms with Gasteiger partial charge < -0.3 is 19.5 Å². The minimum absolute atomic E-state index is 0.350. The predicted molar refractivity (Wildman–Crippen MR) is 66.2 cm³/mol. The Bertz CT molecular complexity index is 305. The highest BCUT2D eigenvalue weighted by Crippen LogP contribution is 2.40. The van der Waals surface area contributed by atoms with Crippen LogP contribution in [0, 0.1) is 5.92 Å². The minimum Gasteiger partial charge on any atom is -0.444 e. The van der Waals surface area contributed by atoms with Crippen LogP contribution in [0.25, 0.3) is 0 Å². The van der Waals surface area contributed by atoms with E-state index >= 15 is 0 Å². The lowest BCUT2D eigenvalue weighted by Crippen LogP contribution is -2.35. The van der Waals surface area contributed by atoms with Gasteiger partial charge in [0.05, 0.1) is 13.2 Å². The third kappa shape index (κ3) is 3.59. The summed E-state index contributed by atoms with van der Waals surface area (Å²) >= 11 is 0. The molecule has 2 aliphatic rings. The smallest absolute Gasteiger partial charge is 0.407 e. The molecule has 1 saturated heterocycles. The second-order valence-corrected chi connectivity index (χ2v) is 6.10. The first kappa shape index (κ1) is 13.6. The van der Waals surface area contributed by atoms with Gasteiger partial charge in [0.1, 0.15) is 5.60 Å². The number of amides is 1. The summed E-state index contributed by atoms with van der Waals surface area (Å²) in [5.74, 6) is 0.0518. The van der Waals surface area contributed by atoms with Gasteiger partial charge in [0.25, 0.3) is 0 Å². The van der Waals surface area contributed by atoms with E-state index in [9.17, 15) is 4.79 Å². The van der Waals surface area contributed by atoms with Crippen LogP contribution in [-0.4, -0.2) is 37.2 Å². The summed E-state index contributed by atoms with van der Waals surface area (Å²) in [6, 6.07) is 0. The van der Waals surface area contributed by atoms with Gasteiger partial charge in [-0.15, -0.1) is 0 Å². The van der Waals surface area contributed by atoms with E-state index in [2.05, 4.69) is 5.32 Å². The fraction of sp³-hybridized carbons (Fsp3) is 0.923. The van der Waals surface area contributed by atoms with E-state index in [-0.39, 0.29) is 11.9 Å². The van der Waals surface area contributed by atoms with Crippen molar-refractivity contribution in [2.75, 3.05) is 19.8 Å². The number of carbonyl (C=O) groups excluding carboxylic acids is 1. The first-order valence-electron chi connectivity index (χ1n) is 6.63. The average molecular weight is 257 g/mol. The van der Waals surface area contributed by atoms with E-state index < -0.39 is 5.60 Å². The molecule has 5 nitrogen and oxygen atoms in total. The standard InChI is InChI=1S/C13H23NO4/c1-12(2,3)18-11(15)14-9-10-4-5-13(8-10)16-6-7-17-13/h10H,4-9H2,1-3H3,(H,14,15). The number of rotatable bonds is 2. The van der Waals surface area contributed by atoms with Gasteiger partial charge in [0, 0.05) is 19.4 Å². The molecule has 1 saturated carbocycles. The van der Waals surface area contributed by atoms with Gasteiger partial charge in [-0.2, -0.15) is 0 Å². The first-order valence-corrected chi connectivity index (χ1v) is 6.63. The Balaban J connectivity index is 1.70. The third-order valence-corrected chi connectivity index (χ3v) is 3.28. The molecule has 1 aliphatic carbocycles. The van der Waals surface area contributed by atoms with Crippen molar-refractivity contribution >= 4 is 6.09 Å². The molecular formula is C13H23NO4. The van der Waals surface area contributed by atoms with Crippen molar-refractivity contribution in [1.82, 2.24) is 5.32 Å².